The van der Waals surface area contributed by atoms with Crippen LogP contribution in [-0.4, -0.2) is 79.1 Å². The number of imidazole rings is 1. The Kier molecular flexibility index (Phi) is 10.1. The number of anilines is 3. The highest BCUT2D eigenvalue weighted by atomic mass is 16.5. The van der Waals surface area contributed by atoms with E-state index in [9.17, 15) is 19.2 Å². The van der Waals surface area contributed by atoms with Crippen molar-refractivity contribution < 1.29 is 28.7 Å². The van der Waals surface area contributed by atoms with E-state index in [0.29, 0.717) is 28.6 Å². The minimum atomic E-state index is -0.503. The van der Waals surface area contributed by atoms with Crippen molar-refractivity contribution >= 4 is 40.8 Å². The van der Waals surface area contributed by atoms with Gasteiger partial charge in [-0.1, -0.05) is 36.4 Å². The molecule has 0 saturated carbocycles. The molecule has 12 heteroatoms. The van der Waals surface area contributed by atoms with Gasteiger partial charge >= 0.3 is 6.03 Å². The van der Waals surface area contributed by atoms with Gasteiger partial charge in [-0.15, -0.1) is 0 Å². The monoisotopic (exact) mass is 584 g/mol. The van der Waals surface area contributed by atoms with E-state index in [1.807, 2.05) is 18.2 Å². The first-order valence-electron chi connectivity index (χ1n) is 13.3. The number of amides is 4. The largest absolute Gasteiger partial charge is 0.495 e. The minimum Gasteiger partial charge on any atom is -0.495 e. The number of para-hydroxylation sites is 3. The third-order valence-electron chi connectivity index (χ3n) is 6.42. The molecule has 43 heavy (non-hydrogen) atoms. The molecule has 222 valence electrons. The lowest BCUT2D eigenvalue weighted by molar-refractivity contribution is -0.122. The van der Waals surface area contributed by atoms with Crippen molar-refractivity contribution in [2.24, 2.45) is 0 Å². The normalized spacial score (nSPS) is 10.4. The van der Waals surface area contributed by atoms with Crippen LogP contribution in [0.1, 0.15) is 0 Å². The van der Waals surface area contributed by atoms with Gasteiger partial charge in [0.15, 0.2) is 6.61 Å². The Balaban J connectivity index is 1.51. The maximum absolute atomic E-state index is 13.6. The Hall–Kier alpha value is -5.65. The second kappa shape index (κ2) is 14.3. The summed E-state index contributed by atoms with van der Waals surface area (Å²) in [5.41, 5.74) is 1.51. The molecule has 1 aromatic heterocycles. The third kappa shape index (κ3) is 7.97. The van der Waals surface area contributed by atoms with E-state index >= 15 is 0 Å². The summed E-state index contributed by atoms with van der Waals surface area (Å²) in [6.45, 7) is -0.936. The van der Waals surface area contributed by atoms with E-state index in [0.717, 1.165) is 0 Å². The molecule has 3 aromatic carbocycles. The lowest BCUT2D eigenvalue weighted by Gasteiger charge is -2.27. The van der Waals surface area contributed by atoms with Crippen LogP contribution in [0.3, 0.4) is 0 Å². The number of hydrogen-bond donors (Lipinski definition) is 1. The van der Waals surface area contributed by atoms with Crippen LogP contribution < -0.4 is 24.6 Å². The molecule has 1 heterocycles. The predicted octanol–water partition coefficient (Wildman–Crippen LogP) is 3.51. The number of likely N-dealkylation sites (N-methyl/N-ethyl adjacent to an activating group) is 2. The van der Waals surface area contributed by atoms with Crippen molar-refractivity contribution in [3.63, 3.8) is 0 Å². The predicted molar refractivity (Wildman–Crippen MR) is 161 cm³/mol. The average molecular weight is 585 g/mol. The lowest BCUT2D eigenvalue weighted by Crippen LogP contribution is -2.46. The van der Waals surface area contributed by atoms with Crippen LogP contribution >= 0.6 is 0 Å². The van der Waals surface area contributed by atoms with E-state index in [4.69, 9.17) is 9.47 Å². The average Bonchev–Trinajstić information content (AvgIpc) is 3.57. The topological polar surface area (TPSA) is 126 Å². The number of nitrogens with zero attached hydrogens (tertiary/aromatic N) is 5. The summed E-state index contributed by atoms with van der Waals surface area (Å²) in [4.78, 5) is 60.0. The van der Waals surface area contributed by atoms with Crippen LogP contribution in [0.5, 0.6) is 11.5 Å². The van der Waals surface area contributed by atoms with Gasteiger partial charge < -0.3 is 29.5 Å². The number of carbonyl (C=O) groups is 4. The van der Waals surface area contributed by atoms with Crippen molar-refractivity contribution in [3.8, 4) is 11.5 Å². The maximum Gasteiger partial charge on any atom is 0.329 e. The van der Waals surface area contributed by atoms with Crippen molar-refractivity contribution in [1.82, 2.24) is 14.5 Å². The fraction of sp³-hybridized carbons (Fsp3) is 0.194. The lowest BCUT2D eigenvalue weighted by atomic mass is 10.2. The zero-order valence-electron chi connectivity index (χ0n) is 24.0. The van der Waals surface area contributed by atoms with Crippen LogP contribution in [0.25, 0.3) is 0 Å². The standard InChI is InChI=1S/C31H32N6O6/c1-34(31(41)36-17-16-32-22-36)19-30(40)37(20-29(39)35(2)23-10-5-4-6-11-23)24-12-9-13-25(18-24)43-21-28(38)33-26-14-7-8-15-27(26)42-3/h4-18,22H,19-21H2,1-3H3,(H,33,38). The van der Waals surface area contributed by atoms with Gasteiger partial charge in [-0.05, 0) is 36.4 Å². The third-order valence-corrected chi connectivity index (χ3v) is 6.42. The Morgan fingerprint density at radius 2 is 1.58 bits per heavy atom. The first kappa shape index (κ1) is 30.3. The highest BCUT2D eigenvalue weighted by Crippen LogP contribution is 2.24. The van der Waals surface area contributed by atoms with Crippen molar-refractivity contribution in [1.29, 1.82) is 0 Å². The molecule has 0 radical (unpaired) electrons. The van der Waals surface area contributed by atoms with Gasteiger partial charge in [-0.25, -0.2) is 9.78 Å². The zero-order valence-corrected chi connectivity index (χ0v) is 24.0. The van der Waals surface area contributed by atoms with E-state index in [1.165, 1.54) is 52.1 Å². The summed E-state index contributed by atoms with van der Waals surface area (Å²) in [5.74, 6) is -0.463. The van der Waals surface area contributed by atoms with Gasteiger partial charge in [0, 0.05) is 43.9 Å². The van der Waals surface area contributed by atoms with Crippen LogP contribution in [0.4, 0.5) is 21.9 Å². The first-order chi connectivity index (χ1) is 20.8. The molecule has 4 aromatic rings. The number of hydrogen-bond acceptors (Lipinski definition) is 7. The van der Waals surface area contributed by atoms with Gasteiger partial charge in [0.1, 0.15) is 30.9 Å². The van der Waals surface area contributed by atoms with Crippen molar-refractivity contribution in [3.05, 3.63) is 97.6 Å². The summed E-state index contributed by atoms with van der Waals surface area (Å²) in [5, 5.41) is 2.74. The van der Waals surface area contributed by atoms with Crippen LogP contribution in [0.15, 0.2) is 97.6 Å². The molecule has 4 amide bonds. The van der Waals surface area contributed by atoms with E-state index in [2.05, 4.69) is 10.3 Å². The molecule has 4 rings (SSSR count). The van der Waals surface area contributed by atoms with Crippen molar-refractivity contribution in [2.75, 3.05) is 56.0 Å². The fourth-order valence-electron chi connectivity index (χ4n) is 4.11. The minimum absolute atomic E-state index is 0.303. The van der Waals surface area contributed by atoms with E-state index in [1.54, 1.807) is 67.7 Å². The Morgan fingerprint density at radius 1 is 0.860 bits per heavy atom. The molecular weight excluding hydrogens is 552 g/mol. The maximum atomic E-state index is 13.6. The zero-order chi connectivity index (χ0) is 30.8. The number of ether oxygens (including phenoxy) is 2. The van der Waals surface area contributed by atoms with Crippen LogP contribution in [0, 0.1) is 0 Å². The second-order valence-electron chi connectivity index (χ2n) is 9.41. The molecule has 0 saturated heterocycles. The second-order valence-corrected chi connectivity index (χ2v) is 9.41. The van der Waals surface area contributed by atoms with Gasteiger partial charge in [-0.3, -0.25) is 19.0 Å². The molecule has 0 aliphatic carbocycles. The summed E-state index contributed by atoms with van der Waals surface area (Å²) < 4.78 is 12.2. The number of rotatable bonds is 11. The van der Waals surface area contributed by atoms with Gasteiger partial charge in [0.2, 0.25) is 11.8 Å². The number of aromatic nitrogens is 2. The van der Waals surface area contributed by atoms with Gasteiger partial charge in [-0.2, -0.15) is 0 Å². The fourth-order valence-corrected chi connectivity index (χ4v) is 4.11. The molecule has 0 aliphatic rings. The molecular formula is C31H32N6O6. The summed E-state index contributed by atoms with van der Waals surface area (Å²) in [6, 6.07) is 22.0. The first-order valence-corrected chi connectivity index (χ1v) is 13.3. The molecule has 0 aliphatic heterocycles. The number of benzene rings is 3. The molecule has 0 unspecified atom stereocenters. The molecule has 0 bridgehead atoms. The SMILES string of the molecule is COc1ccccc1NC(=O)COc1cccc(N(CC(=O)N(C)c2ccccc2)C(=O)CN(C)C(=O)n2ccnc2)c1. The smallest absolute Gasteiger partial charge is 0.329 e. The van der Waals surface area contributed by atoms with Gasteiger partial charge in [0.25, 0.3) is 5.91 Å². The number of methoxy groups -OCH3 is 1. The van der Waals surface area contributed by atoms with E-state index in [-0.39, 0.29) is 25.6 Å². The van der Waals surface area contributed by atoms with Crippen molar-refractivity contribution in [2.45, 2.75) is 0 Å². The Bertz CT molecular complexity index is 1560. The quantitative estimate of drug-likeness (QED) is 0.286. The van der Waals surface area contributed by atoms with Gasteiger partial charge in [0.05, 0.1) is 12.8 Å². The van der Waals surface area contributed by atoms with Crippen LogP contribution in [-0.2, 0) is 14.4 Å². The number of carbonyl (C=O) groups excluding carboxylic acids is 4. The Morgan fingerprint density at radius 3 is 2.30 bits per heavy atom. The Labute approximate surface area is 249 Å². The summed E-state index contributed by atoms with van der Waals surface area (Å²) in [7, 11) is 4.61. The van der Waals surface area contributed by atoms with E-state index < -0.39 is 17.8 Å². The molecule has 1 N–H and O–H groups in total. The van der Waals surface area contributed by atoms with Crippen LogP contribution in [0.2, 0.25) is 0 Å². The number of nitrogens with one attached hydrogen (secondary N) is 1. The summed E-state index contributed by atoms with van der Waals surface area (Å²) >= 11 is 0. The molecule has 0 spiro atoms. The molecule has 12 nitrogen and oxygen atoms in total. The highest BCUT2D eigenvalue weighted by Gasteiger charge is 2.25. The molecule has 0 fully saturated rings. The summed E-state index contributed by atoms with van der Waals surface area (Å²) in [6.07, 6.45) is 4.27. The highest BCUT2D eigenvalue weighted by molar-refractivity contribution is 6.04. The molecule has 0 atom stereocenters.